The first-order chi connectivity index (χ1) is 14.1. The molecule has 0 saturated heterocycles. The van der Waals surface area contributed by atoms with Crippen LogP contribution in [0.15, 0.2) is 82.8 Å². The van der Waals surface area contributed by atoms with Crippen molar-refractivity contribution in [3.8, 4) is 0 Å². The van der Waals surface area contributed by atoms with Gasteiger partial charge in [-0.05, 0) is 24.3 Å². The lowest BCUT2D eigenvalue weighted by Gasteiger charge is -2.23. The van der Waals surface area contributed by atoms with Crippen LogP contribution in [-0.2, 0) is 17.9 Å². The summed E-state index contributed by atoms with van der Waals surface area (Å²) in [5.41, 5.74) is 1.45. The van der Waals surface area contributed by atoms with Crippen molar-refractivity contribution in [2.24, 2.45) is 0 Å². The summed E-state index contributed by atoms with van der Waals surface area (Å²) in [5, 5.41) is 0. The summed E-state index contributed by atoms with van der Waals surface area (Å²) in [4.78, 5) is 44.4. The number of benzene rings is 1. The van der Waals surface area contributed by atoms with E-state index in [2.05, 4.69) is 9.97 Å². The second-order valence-corrected chi connectivity index (χ2v) is 6.55. The molecule has 0 radical (unpaired) electrons. The lowest BCUT2D eigenvalue weighted by atomic mass is 10.2. The van der Waals surface area contributed by atoms with Crippen LogP contribution in [0.4, 0.5) is 5.69 Å². The first kappa shape index (κ1) is 18.4. The molecule has 1 aromatic carbocycles. The number of nitrogens with zero attached hydrogens (tertiary/aromatic N) is 4. The van der Waals surface area contributed by atoms with E-state index in [4.69, 9.17) is 0 Å². The number of hydrogen-bond acceptors (Lipinski definition) is 4. The maximum absolute atomic E-state index is 13.1. The summed E-state index contributed by atoms with van der Waals surface area (Å²) >= 11 is 0. The number of para-hydroxylation sites is 1. The van der Waals surface area contributed by atoms with E-state index in [0.29, 0.717) is 6.54 Å². The van der Waals surface area contributed by atoms with Gasteiger partial charge >= 0.3 is 5.69 Å². The van der Waals surface area contributed by atoms with Crippen molar-refractivity contribution < 1.29 is 4.79 Å². The summed E-state index contributed by atoms with van der Waals surface area (Å²) < 4.78 is 3.26. The van der Waals surface area contributed by atoms with E-state index >= 15 is 0 Å². The number of hydrogen-bond donors (Lipinski definition) is 1. The van der Waals surface area contributed by atoms with Crippen LogP contribution in [0.3, 0.4) is 0 Å². The fourth-order valence-electron chi connectivity index (χ4n) is 3.17. The van der Waals surface area contributed by atoms with Crippen molar-refractivity contribution in [2.45, 2.75) is 19.5 Å². The number of amides is 1. The second-order valence-electron chi connectivity index (χ2n) is 6.55. The first-order valence-electron chi connectivity index (χ1n) is 9.18. The van der Waals surface area contributed by atoms with Gasteiger partial charge < -0.3 is 13.9 Å². The number of H-pyrrole nitrogens is 1. The normalized spacial score (nSPS) is 10.9. The Balaban J connectivity index is 1.59. The number of pyridine rings is 1. The minimum atomic E-state index is -0.529. The largest absolute Gasteiger partial charge is 0.328 e. The zero-order valence-corrected chi connectivity index (χ0v) is 15.6. The summed E-state index contributed by atoms with van der Waals surface area (Å²) in [7, 11) is 0. The molecule has 0 atom stereocenters. The second kappa shape index (κ2) is 7.97. The van der Waals surface area contributed by atoms with Crippen molar-refractivity contribution in [3.05, 3.63) is 99.7 Å². The smallest absolute Gasteiger partial charge is 0.306 e. The Bertz CT molecular complexity index is 1260. The molecule has 4 aromatic rings. The molecule has 146 valence electrons. The number of rotatable bonds is 6. The molecule has 3 heterocycles. The van der Waals surface area contributed by atoms with E-state index in [1.54, 1.807) is 11.1 Å². The fraction of sp³-hybridized carbons (Fsp3) is 0.143. The minimum Gasteiger partial charge on any atom is -0.306 e. The molecule has 0 fully saturated rings. The van der Waals surface area contributed by atoms with Crippen LogP contribution in [0, 0.1) is 0 Å². The lowest BCUT2D eigenvalue weighted by molar-refractivity contribution is -0.119. The molecule has 1 amide bonds. The number of aromatic nitrogens is 4. The Kier molecular flexibility index (Phi) is 5.07. The van der Waals surface area contributed by atoms with Crippen LogP contribution in [0.25, 0.3) is 5.65 Å². The molecular formula is C21H19N5O3. The van der Waals surface area contributed by atoms with Gasteiger partial charge in [0.05, 0.1) is 18.4 Å². The van der Waals surface area contributed by atoms with Gasteiger partial charge in [-0.15, -0.1) is 0 Å². The predicted molar refractivity (Wildman–Crippen MR) is 109 cm³/mol. The lowest BCUT2D eigenvalue weighted by Crippen LogP contribution is -2.34. The topological polar surface area (TPSA) is 92.5 Å². The van der Waals surface area contributed by atoms with Crippen molar-refractivity contribution in [3.63, 3.8) is 0 Å². The molecule has 4 rings (SSSR count). The van der Waals surface area contributed by atoms with Crippen molar-refractivity contribution in [2.75, 3.05) is 4.90 Å². The number of aromatic amines is 1. The molecule has 0 aliphatic carbocycles. The van der Waals surface area contributed by atoms with Crippen LogP contribution in [-0.4, -0.2) is 24.8 Å². The fourth-order valence-corrected chi connectivity index (χ4v) is 3.17. The molecule has 0 saturated carbocycles. The monoisotopic (exact) mass is 389 g/mol. The molecular weight excluding hydrogens is 370 g/mol. The van der Waals surface area contributed by atoms with Crippen LogP contribution < -0.4 is 16.1 Å². The van der Waals surface area contributed by atoms with E-state index in [1.807, 2.05) is 59.1 Å². The standard InChI is InChI=1S/C21H19N5O3/c27-19-9-12-24(21(29)23-19)13-10-20(28)26(16-6-2-1-3-7-16)15-17-14-22-18-8-4-5-11-25(17)18/h1-9,11-12,14H,10,13,15H2,(H,23,27,29). The Morgan fingerprint density at radius 1 is 1.00 bits per heavy atom. The van der Waals surface area contributed by atoms with Crippen LogP contribution in [0.2, 0.25) is 0 Å². The molecule has 0 aliphatic rings. The quantitative estimate of drug-likeness (QED) is 0.544. The van der Waals surface area contributed by atoms with Crippen LogP contribution >= 0.6 is 0 Å². The third kappa shape index (κ3) is 4.01. The molecule has 8 nitrogen and oxygen atoms in total. The SMILES string of the molecule is O=C(CCn1ccc(=O)[nH]c1=O)N(Cc1cnc2ccccn12)c1ccccc1. The van der Waals surface area contributed by atoms with E-state index in [0.717, 1.165) is 17.0 Å². The van der Waals surface area contributed by atoms with E-state index in [9.17, 15) is 14.4 Å². The molecule has 0 bridgehead atoms. The van der Waals surface area contributed by atoms with Crippen LogP contribution in [0.5, 0.6) is 0 Å². The predicted octanol–water partition coefficient (Wildman–Crippen LogP) is 1.81. The van der Waals surface area contributed by atoms with Gasteiger partial charge in [0.1, 0.15) is 5.65 Å². The number of carbonyl (C=O) groups is 1. The third-order valence-electron chi connectivity index (χ3n) is 4.65. The number of anilines is 1. The average molecular weight is 389 g/mol. The molecule has 1 N–H and O–H groups in total. The highest BCUT2D eigenvalue weighted by Crippen LogP contribution is 2.19. The van der Waals surface area contributed by atoms with E-state index < -0.39 is 11.2 Å². The maximum atomic E-state index is 13.1. The van der Waals surface area contributed by atoms with Crippen molar-refractivity contribution >= 4 is 17.2 Å². The zero-order valence-electron chi connectivity index (χ0n) is 15.6. The van der Waals surface area contributed by atoms with Gasteiger partial charge in [0.15, 0.2) is 0 Å². The number of nitrogens with one attached hydrogen (secondary N) is 1. The van der Waals surface area contributed by atoms with Gasteiger partial charge in [-0.2, -0.15) is 0 Å². The third-order valence-corrected chi connectivity index (χ3v) is 4.65. The van der Waals surface area contributed by atoms with Crippen molar-refractivity contribution in [1.82, 2.24) is 18.9 Å². The molecule has 0 unspecified atom stereocenters. The average Bonchev–Trinajstić information content (AvgIpc) is 3.15. The Morgan fingerprint density at radius 2 is 1.79 bits per heavy atom. The van der Waals surface area contributed by atoms with Gasteiger partial charge in [-0.3, -0.25) is 14.6 Å². The molecule has 8 heteroatoms. The Morgan fingerprint density at radius 3 is 2.59 bits per heavy atom. The summed E-state index contributed by atoms with van der Waals surface area (Å²) in [6.07, 6.45) is 5.17. The number of aryl methyl sites for hydroxylation is 1. The molecule has 3 aromatic heterocycles. The van der Waals surface area contributed by atoms with E-state index in [1.165, 1.54) is 16.8 Å². The Hall–Kier alpha value is -3.94. The zero-order chi connectivity index (χ0) is 20.2. The molecule has 29 heavy (non-hydrogen) atoms. The molecule has 0 aliphatic heterocycles. The van der Waals surface area contributed by atoms with Gasteiger partial charge in [0.2, 0.25) is 5.91 Å². The summed E-state index contributed by atoms with van der Waals surface area (Å²) in [5.74, 6) is -0.139. The summed E-state index contributed by atoms with van der Waals surface area (Å²) in [6.45, 7) is 0.513. The Labute approximate surface area is 165 Å². The first-order valence-corrected chi connectivity index (χ1v) is 9.18. The number of fused-ring (bicyclic) bond motifs is 1. The highest BCUT2D eigenvalue weighted by atomic mass is 16.2. The van der Waals surface area contributed by atoms with Gasteiger partial charge in [-0.1, -0.05) is 24.3 Å². The van der Waals surface area contributed by atoms with E-state index in [-0.39, 0.29) is 18.9 Å². The maximum Gasteiger partial charge on any atom is 0.328 e. The van der Waals surface area contributed by atoms with Crippen LogP contribution in [0.1, 0.15) is 12.1 Å². The van der Waals surface area contributed by atoms with Gasteiger partial charge in [0.25, 0.3) is 5.56 Å². The van der Waals surface area contributed by atoms with Gasteiger partial charge in [-0.25, -0.2) is 9.78 Å². The van der Waals surface area contributed by atoms with Crippen molar-refractivity contribution in [1.29, 1.82) is 0 Å². The highest BCUT2D eigenvalue weighted by molar-refractivity contribution is 5.93. The van der Waals surface area contributed by atoms with Gasteiger partial charge in [0, 0.05) is 37.1 Å². The molecule has 0 spiro atoms. The minimum absolute atomic E-state index is 0.109. The number of imidazole rings is 1. The highest BCUT2D eigenvalue weighted by Gasteiger charge is 2.18. The number of carbonyl (C=O) groups excluding carboxylic acids is 1. The summed E-state index contributed by atoms with van der Waals surface area (Å²) in [6, 6.07) is 16.4.